The van der Waals surface area contributed by atoms with Crippen LogP contribution in [0.3, 0.4) is 0 Å². The molecule has 0 fully saturated rings. The van der Waals surface area contributed by atoms with Gasteiger partial charge in [0.1, 0.15) is 0 Å². The summed E-state index contributed by atoms with van der Waals surface area (Å²) in [6.07, 6.45) is 14.8. The summed E-state index contributed by atoms with van der Waals surface area (Å²) in [6.45, 7) is 1.50. The molecule has 0 aromatic rings. The maximum Gasteiger partial charge on any atom is 0.303 e. The minimum atomic E-state index is -0.904. The smallest absolute Gasteiger partial charge is 0.303 e. The van der Waals surface area contributed by atoms with E-state index < -0.39 is 30.4 Å². The van der Waals surface area contributed by atoms with Crippen LogP contribution in [-0.4, -0.2) is 55.9 Å². The summed E-state index contributed by atoms with van der Waals surface area (Å²) in [5.74, 6) is -0.868. The minimum Gasteiger partial charge on any atom is -0.481 e. The van der Waals surface area contributed by atoms with Crippen LogP contribution >= 0.6 is 0 Å². The molecule has 0 heterocycles. The number of carbonyl (C=O) groups is 1. The molecule has 0 saturated carbocycles. The normalized spacial score (nSPS) is 17.7. The second kappa shape index (κ2) is 15.3. The predicted molar refractivity (Wildman–Crippen MR) is 102 cm³/mol. The predicted octanol–water partition coefficient (Wildman–Crippen LogP) is 1.88. The third-order valence-corrected chi connectivity index (χ3v) is 3.32. The van der Waals surface area contributed by atoms with E-state index in [1.807, 2.05) is 0 Å². The van der Waals surface area contributed by atoms with Crippen molar-refractivity contribution in [3.05, 3.63) is 60.8 Å². The van der Waals surface area contributed by atoms with E-state index in [0.717, 1.165) is 0 Å². The Morgan fingerprint density at radius 2 is 1.42 bits per heavy atom. The Balaban J connectivity index is 3.99. The molecule has 6 heteroatoms. The van der Waals surface area contributed by atoms with Gasteiger partial charge in [-0.05, 0) is 26.2 Å². The number of hydrogen-bond acceptors (Lipinski definition) is 5. The quantitative estimate of drug-likeness (QED) is 0.318. The molecule has 6 nitrogen and oxygen atoms in total. The Morgan fingerprint density at radius 3 is 2.00 bits per heavy atom. The van der Waals surface area contributed by atoms with Crippen LogP contribution in [0.2, 0.25) is 0 Å². The van der Waals surface area contributed by atoms with Crippen molar-refractivity contribution in [2.75, 3.05) is 0 Å². The summed E-state index contributed by atoms with van der Waals surface area (Å²) in [6, 6.07) is 0. The summed E-state index contributed by atoms with van der Waals surface area (Å²) < 4.78 is 0. The number of aliphatic hydroxyl groups is 4. The molecule has 146 valence electrons. The lowest BCUT2D eigenvalue weighted by atomic mass is 10.1. The van der Waals surface area contributed by atoms with Crippen LogP contribution in [0.25, 0.3) is 0 Å². The average molecular weight is 366 g/mol. The van der Waals surface area contributed by atoms with Crippen molar-refractivity contribution in [3.8, 4) is 0 Å². The van der Waals surface area contributed by atoms with Crippen molar-refractivity contribution < 1.29 is 30.3 Å². The first kappa shape index (κ1) is 24.0. The summed E-state index contributed by atoms with van der Waals surface area (Å²) in [7, 11) is 0. The second-order valence-electron chi connectivity index (χ2n) is 5.86. The van der Waals surface area contributed by atoms with Gasteiger partial charge in [0, 0.05) is 6.42 Å². The molecule has 0 rings (SSSR count). The van der Waals surface area contributed by atoms with Crippen molar-refractivity contribution >= 4 is 5.97 Å². The van der Waals surface area contributed by atoms with Gasteiger partial charge >= 0.3 is 5.97 Å². The van der Waals surface area contributed by atoms with Crippen LogP contribution in [0.4, 0.5) is 0 Å². The van der Waals surface area contributed by atoms with Gasteiger partial charge < -0.3 is 25.5 Å². The summed E-state index contributed by atoms with van der Waals surface area (Å²) >= 11 is 0. The zero-order valence-corrected chi connectivity index (χ0v) is 15.1. The molecule has 0 aliphatic carbocycles. The number of hydrogen-bond donors (Lipinski definition) is 5. The monoisotopic (exact) mass is 366 g/mol. The van der Waals surface area contributed by atoms with E-state index in [1.54, 1.807) is 54.7 Å². The lowest BCUT2D eigenvalue weighted by Crippen LogP contribution is -2.19. The van der Waals surface area contributed by atoms with Crippen molar-refractivity contribution in [3.63, 3.8) is 0 Å². The maximum atomic E-state index is 10.4. The van der Waals surface area contributed by atoms with E-state index in [4.69, 9.17) is 10.2 Å². The van der Waals surface area contributed by atoms with Crippen molar-refractivity contribution in [1.82, 2.24) is 0 Å². The highest BCUT2D eigenvalue weighted by molar-refractivity contribution is 5.66. The Hall–Kier alpha value is -1.99. The summed E-state index contributed by atoms with van der Waals surface area (Å²) in [5.41, 5.74) is 0. The summed E-state index contributed by atoms with van der Waals surface area (Å²) in [5, 5.41) is 46.3. The topological polar surface area (TPSA) is 118 Å². The fraction of sp³-hybridized carbons (Fsp3) is 0.450. The minimum absolute atomic E-state index is 0.0484. The van der Waals surface area contributed by atoms with Gasteiger partial charge in [-0.1, -0.05) is 60.8 Å². The molecule has 4 atom stereocenters. The first-order chi connectivity index (χ1) is 12.3. The molecule has 0 aromatic carbocycles. The fourth-order valence-electron chi connectivity index (χ4n) is 1.79. The Bertz CT molecular complexity index is 516. The average Bonchev–Trinajstić information content (AvgIpc) is 2.56. The molecule has 26 heavy (non-hydrogen) atoms. The fourth-order valence-corrected chi connectivity index (χ4v) is 1.79. The number of carboxylic acids is 1. The van der Waals surface area contributed by atoms with Crippen LogP contribution in [0.15, 0.2) is 60.8 Å². The van der Waals surface area contributed by atoms with Gasteiger partial charge in [0.15, 0.2) is 0 Å². The van der Waals surface area contributed by atoms with E-state index in [0.29, 0.717) is 19.3 Å². The van der Waals surface area contributed by atoms with E-state index in [2.05, 4.69) is 0 Å². The van der Waals surface area contributed by atoms with Gasteiger partial charge in [-0.15, -0.1) is 0 Å². The van der Waals surface area contributed by atoms with E-state index in [-0.39, 0.29) is 6.42 Å². The van der Waals surface area contributed by atoms with Crippen molar-refractivity contribution in [2.45, 2.75) is 57.0 Å². The molecule has 0 aliphatic rings. The van der Waals surface area contributed by atoms with E-state index in [9.17, 15) is 20.1 Å². The van der Waals surface area contributed by atoms with Gasteiger partial charge in [0.05, 0.1) is 24.4 Å². The molecule has 0 amide bonds. The number of allylic oxidation sites excluding steroid dienone is 6. The molecule has 0 spiro atoms. The van der Waals surface area contributed by atoms with E-state index in [1.165, 1.54) is 13.0 Å². The van der Waals surface area contributed by atoms with Gasteiger partial charge in [-0.25, -0.2) is 0 Å². The van der Waals surface area contributed by atoms with Gasteiger partial charge in [-0.3, -0.25) is 4.79 Å². The molecule has 5 N–H and O–H groups in total. The standard InChI is InChI=1S/C20H30O6/c1-16(21)19(24)14-8-4-7-12-17(22)10-5-2-3-6-11-18(23)13-9-15-20(25)26/h2-8,10-11,14,16-19,21-24H,9,12-13,15H2,1H3,(H,25,26)/b3-2+,7-4-,10-5+,11-6-,14-8+/t16?,17-,18+,19+/m0/s1. The van der Waals surface area contributed by atoms with Gasteiger partial charge in [0.2, 0.25) is 0 Å². The lowest BCUT2D eigenvalue weighted by molar-refractivity contribution is -0.137. The summed E-state index contributed by atoms with van der Waals surface area (Å²) in [4.78, 5) is 10.4. The lowest BCUT2D eigenvalue weighted by Gasteiger charge is -2.06. The Kier molecular flexibility index (Phi) is 14.1. The number of rotatable bonds is 13. The Labute approximate surface area is 154 Å². The molecule has 1 unspecified atom stereocenters. The first-order valence-electron chi connectivity index (χ1n) is 8.62. The Morgan fingerprint density at radius 1 is 0.846 bits per heavy atom. The number of aliphatic hydroxyl groups excluding tert-OH is 4. The molecular formula is C20H30O6. The van der Waals surface area contributed by atoms with Crippen LogP contribution in [0.5, 0.6) is 0 Å². The third kappa shape index (κ3) is 15.5. The SMILES string of the molecule is CC(O)[C@H](O)/C=C/C=C\C[C@@H](O)/C=C/C=C/C=C\[C@@H](O)CCCC(=O)O. The van der Waals surface area contributed by atoms with Crippen LogP contribution in [0.1, 0.15) is 32.6 Å². The molecule has 0 saturated heterocycles. The largest absolute Gasteiger partial charge is 0.481 e. The first-order valence-corrected chi connectivity index (χ1v) is 8.62. The number of aliphatic carboxylic acids is 1. The third-order valence-electron chi connectivity index (χ3n) is 3.32. The maximum absolute atomic E-state index is 10.4. The van der Waals surface area contributed by atoms with Crippen molar-refractivity contribution in [1.29, 1.82) is 0 Å². The van der Waals surface area contributed by atoms with E-state index >= 15 is 0 Å². The van der Waals surface area contributed by atoms with Gasteiger partial charge in [-0.2, -0.15) is 0 Å². The number of carboxylic acid groups (broad SMARTS) is 1. The molecular weight excluding hydrogens is 336 g/mol. The highest BCUT2D eigenvalue weighted by Gasteiger charge is 2.04. The van der Waals surface area contributed by atoms with Crippen LogP contribution in [-0.2, 0) is 4.79 Å². The molecule has 0 aromatic heterocycles. The molecule has 0 aliphatic heterocycles. The van der Waals surface area contributed by atoms with Crippen LogP contribution in [0, 0.1) is 0 Å². The zero-order chi connectivity index (χ0) is 19.8. The van der Waals surface area contributed by atoms with Gasteiger partial charge in [0.25, 0.3) is 0 Å². The highest BCUT2D eigenvalue weighted by Crippen LogP contribution is 2.02. The molecule has 0 bridgehead atoms. The second-order valence-corrected chi connectivity index (χ2v) is 5.86. The molecule has 0 radical (unpaired) electrons. The van der Waals surface area contributed by atoms with Crippen molar-refractivity contribution in [2.24, 2.45) is 0 Å². The highest BCUT2D eigenvalue weighted by atomic mass is 16.4. The van der Waals surface area contributed by atoms with Crippen LogP contribution < -0.4 is 0 Å². The zero-order valence-electron chi connectivity index (χ0n) is 15.1.